The van der Waals surface area contributed by atoms with Crippen molar-refractivity contribution in [2.45, 2.75) is 19.6 Å². The van der Waals surface area contributed by atoms with Crippen LogP contribution in [-0.4, -0.2) is 26.3 Å². The predicted octanol–water partition coefficient (Wildman–Crippen LogP) is 0.000900. The van der Waals surface area contributed by atoms with E-state index in [1.54, 1.807) is 0 Å². The molecule has 0 aromatic rings. The number of hydrogen-bond donors (Lipinski definition) is 1. The van der Waals surface area contributed by atoms with Gasteiger partial charge in [-0.15, -0.1) is 0 Å². The molecule has 5 nitrogen and oxygen atoms in total. The van der Waals surface area contributed by atoms with Gasteiger partial charge in [0.05, 0.1) is 6.26 Å². The van der Waals surface area contributed by atoms with Crippen LogP contribution in [0.15, 0.2) is 12.7 Å². The zero-order chi connectivity index (χ0) is 10.7. The Labute approximate surface area is 77.9 Å². The summed E-state index contributed by atoms with van der Waals surface area (Å²) >= 11 is 0. The zero-order valence-electron chi connectivity index (χ0n) is 7.83. The van der Waals surface area contributed by atoms with E-state index in [2.05, 4.69) is 16.1 Å². The van der Waals surface area contributed by atoms with Crippen LogP contribution in [0.4, 0.5) is 0 Å². The topological polar surface area (TPSA) is 72.5 Å². The Morgan fingerprint density at radius 3 is 2.31 bits per heavy atom. The Bertz CT molecular complexity index is 304. The molecule has 0 aromatic heterocycles. The highest BCUT2D eigenvalue weighted by molar-refractivity contribution is 7.86. The van der Waals surface area contributed by atoms with Crippen molar-refractivity contribution in [3.05, 3.63) is 12.7 Å². The molecule has 0 unspecified atom stereocenters. The van der Waals surface area contributed by atoms with Gasteiger partial charge in [-0.25, -0.2) is 4.18 Å². The van der Waals surface area contributed by atoms with Crippen LogP contribution in [0.1, 0.15) is 13.8 Å². The minimum atomic E-state index is -3.58. The monoisotopic (exact) mass is 207 g/mol. The molecule has 0 spiro atoms. The van der Waals surface area contributed by atoms with Gasteiger partial charge in [0.1, 0.15) is 0 Å². The average molecular weight is 207 g/mol. The first kappa shape index (κ1) is 12.1. The third-order valence-corrected chi connectivity index (χ3v) is 1.69. The molecule has 0 heterocycles. The van der Waals surface area contributed by atoms with E-state index in [1.807, 2.05) is 0 Å². The number of carbonyl (C=O) groups is 1. The van der Waals surface area contributed by atoms with Crippen LogP contribution in [0.3, 0.4) is 0 Å². The maximum atomic E-state index is 10.8. The van der Waals surface area contributed by atoms with E-state index in [-0.39, 0.29) is 0 Å². The van der Waals surface area contributed by atoms with E-state index >= 15 is 0 Å². The molecule has 0 saturated heterocycles. The fourth-order valence-electron chi connectivity index (χ4n) is 0.747. The van der Waals surface area contributed by atoms with Crippen LogP contribution in [0.2, 0.25) is 0 Å². The van der Waals surface area contributed by atoms with Crippen LogP contribution in [0.25, 0.3) is 0 Å². The molecule has 0 fully saturated rings. The second-order valence-corrected chi connectivity index (χ2v) is 4.57. The molecular weight excluding hydrogens is 194 g/mol. The number of carbonyl (C=O) groups excluding carboxylic acids is 1. The molecule has 0 atom stereocenters. The summed E-state index contributed by atoms with van der Waals surface area (Å²) in [5.41, 5.74) is -1.25. The summed E-state index contributed by atoms with van der Waals surface area (Å²) < 4.78 is 26.0. The molecule has 0 aliphatic heterocycles. The Morgan fingerprint density at radius 1 is 1.54 bits per heavy atom. The molecule has 1 N–H and O–H groups in total. The van der Waals surface area contributed by atoms with Gasteiger partial charge in [0, 0.05) is 0 Å². The summed E-state index contributed by atoms with van der Waals surface area (Å²) in [7, 11) is -3.58. The standard InChI is InChI=1S/C7H13NO4S/c1-5-6(9)8-7(2,3)12-13(4,10)11/h5H,1H2,2-4H3,(H,8,9). The quantitative estimate of drug-likeness (QED) is 0.400. The van der Waals surface area contributed by atoms with Gasteiger partial charge in [0.25, 0.3) is 10.1 Å². The summed E-state index contributed by atoms with van der Waals surface area (Å²) in [5.74, 6) is -0.492. The van der Waals surface area contributed by atoms with Crippen LogP contribution in [0.5, 0.6) is 0 Å². The fourth-order valence-corrected chi connectivity index (χ4v) is 1.55. The van der Waals surface area contributed by atoms with Crippen molar-refractivity contribution in [1.29, 1.82) is 0 Å². The molecule has 0 radical (unpaired) electrons. The van der Waals surface area contributed by atoms with Crippen molar-refractivity contribution in [1.82, 2.24) is 5.32 Å². The van der Waals surface area contributed by atoms with E-state index in [4.69, 9.17) is 0 Å². The molecule has 13 heavy (non-hydrogen) atoms. The molecule has 0 bridgehead atoms. The van der Waals surface area contributed by atoms with E-state index in [0.717, 1.165) is 12.3 Å². The predicted molar refractivity (Wildman–Crippen MR) is 48.3 cm³/mol. The largest absolute Gasteiger partial charge is 0.324 e. The van der Waals surface area contributed by atoms with Crippen LogP contribution >= 0.6 is 0 Å². The summed E-state index contributed by atoms with van der Waals surface area (Å²) in [4.78, 5) is 10.8. The summed E-state index contributed by atoms with van der Waals surface area (Å²) in [5, 5.41) is 2.30. The van der Waals surface area contributed by atoms with Gasteiger partial charge in [0.2, 0.25) is 5.91 Å². The van der Waals surface area contributed by atoms with E-state index in [1.165, 1.54) is 13.8 Å². The third kappa shape index (κ3) is 6.30. The maximum absolute atomic E-state index is 10.8. The minimum absolute atomic E-state index is 0.492. The highest BCUT2D eigenvalue weighted by Gasteiger charge is 2.24. The van der Waals surface area contributed by atoms with E-state index in [0.29, 0.717) is 0 Å². The average Bonchev–Trinajstić information content (AvgIpc) is 1.80. The van der Waals surface area contributed by atoms with Crippen molar-refractivity contribution in [3.8, 4) is 0 Å². The van der Waals surface area contributed by atoms with Crippen molar-refractivity contribution < 1.29 is 17.4 Å². The van der Waals surface area contributed by atoms with Gasteiger partial charge in [0.15, 0.2) is 5.72 Å². The summed E-state index contributed by atoms with van der Waals surface area (Å²) in [6.45, 7) is 6.08. The van der Waals surface area contributed by atoms with Gasteiger partial charge in [-0.3, -0.25) is 4.79 Å². The van der Waals surface area contributed by atoms with Crippen molar-refractivity contribution in [2.75, 3.05) is 6.26 Å². The fraction of sp³-hybridized carbons (Fsp3) is 0.571. The zero-order valence-corrected chi connectivity index (χ0v) is 8.64. The van der Waals surface area contributed by atoms with Gasteiger partial charge < -0.3 is 5.32 Å². The maximum Gasteiger partial charge on any atom is 0.266 e. The van der Waals surface area contributed by atoms with Crippen molar-refractivity contribution >= 4 is 16.0 Å². The normalized spacial score (nSPS) is 12.2. The number of amides is 1. The van der Waals surface area contributed by atoms with Gasteiger partial charge in [-0.05, 0) is 19.9 Å². The first-order chi connectivity index (χ1) is 5.66. The highest BCUT2D eigenvalue weighted by Crippen LogP contribution is 2.07. The molecule has 0 saturated carbocycles. The third-order valence-electron chi connectivity index (χ3n) is 0.969. The van der Waals surface area contributed by atoms with Gasteiger partial charge in [-0.2, -0.15) is 8.42 Å². The lowest BCUT2D eigenvalue weighted by molar-refractivity contribution is -0.120. The van der Waals surface area contributed by atoms with Crippen LogP contribution in [-0.2, 0) is 19.1 Å². The second kappa shape index (κ2) is 3.89. The lowest BCUT2D eigenvalue weighted by atomic mass is 10.3. The van der Waals surface area contributed by atoms with E-state index in [9.17, 15) is 13.2 Å². The molecule has 0 rings (SSSR count). The number of nitrogens with one attached hydrogen (secondary N) is 1. The Balaban J connectivity index is 4.41. The number of rotatable bonds is 4. The van der Waals surface area contributed by atoms with Gasteiger partial charge in [-0.1, -0.05) is 6.58 Å². The molecular formula is C7H13NO4S. The Morgan fingerprint density at radius 2 is 2.00 bits per heavy atom. The Kier molecular flexibility index (Phi) is 3.62. The summed E-state index contributed by atoms with van der Waals surface area (Å²) in [6, 6.07) is 0. The van der Waals surface area contributed by atoms with Crippen LogP contribution < -0.4 is 5.32 Å². The number of hydrogen-bond acceptors (Lipinski definition) is 4. The summed E-state index contributed by atoms with van der Waals surface area (Å²) in [6.07, 6.45) is 1.95. The van der Waals surface area contributed by atoms with Gasteiger partial charge >= 0.3 is 0 Å². The van der Waals surface area contributed by atoms with Crippen molar-refractivity contribution in [3.63, 3.8) is 0 Å². The first-order valence-corrected chi connectivity index (χ1v) is 5.33. The molecule has 76 valence electrons. The minimum Gasteiger partial charge on any atom is -0.324 e. The molecule has 0 aliphatic carbocycles. The first-order valence-electron chi connectivity index (χ1n) is 3.51. The second-order valence-electron chi connectivity index (χ2n) is 2.99. The lowest BCUT2D eigenvalue weighted by Crippen LogP contribution is -2.46. The molecule has 6 heteroatoms. The SMILES string of the molecule is C=CC(=O)NC(C)(C)OS(C)(=O)=O. The smallest absolute Gasteiger partial charge is 0.266 e. The molecule has 1 amide bonds. The molecule has 0 aromatic carbocycles. The van der Waals surface area contributed by atoms with E-state index < -0.39 is 21.8 Å². The van der Waals surface area contributed by atoms with Crippen LogP contribution in [0, 0.1) is 0 Å². The van der Waals surface area contributed by atoms with Crippen molar-refractivity contribution in [2.24, 2.45) is 0 Å². The Hall–Kier alpha value is -0.880. The highest BCUT2D eigenvalue weighted by atomic mass is 32.2. The molecule has 0 aliphatic rings. The lowest BCUT2D eigenvalue weighted by Gasteiger charge is -2.23.